The molecule has 2 heterocycles. The molecule has 8 heteroatoms. The van der Waals surface area contributed by atoms with Crippen molar-refractivity contribution in [3.05, 3.63) is 93.0 Å². The lowest BCUT2D eigenvalue weighted by Crippen LogP contribution is -2.24. The number of aromatic amines is 1. The summed E-state index contributed by atoms with van der Waals surface area (Å²) >= 11 is 1.21. The number of ether oxygens (including phenoxy) is 1. The molecule has 4 aromatic rings. The first-order chi connectivity index (χ1) is 16.4. The van der Waals surface area contributed by atoms with Gasteiger partial charge in [-0.15, -0.1) is 0 Å². The van der Waals surface area contributed by atoms with Gasteiger partial charge in [0.1, 0.15) is 0 Å². The zero-order valence-corrected chi connectivity index (χ0v) is 20.1. The maximum absolute atomic E-state index is 13.3. The van der Waals surface area contributed by atoms with Crippen LogP contribution < -0.4 is 5.56 Å². The molecule has 0 aliphatic carbocycles. The van der Waals surface area contributed by atoms with E-state index in [-0.39, 0.29) is 23.7 Å². The molecule has 0 fully saturated rings. The molecule has 0 saturated heterocycles. The van der Waals surface area contributed by atoms with E-state index in [2.05, 4.69) is 9.97 Å². The Morgan fingerprint density at radius 2 is 1.76 bits per heavy atom. The number of ketones is 1. The van der Waals surface area contributed by atoms with Crippen molar-refractivity contribution in [3.63, 3.8) is 0 Å². The van der Waals surface area contributed by atoms with E-state index in [0.29, 0.717) is 45.1 Å². The Morgan fingerprint density at radius 1 is 1.06 bits per heavy atom. The van der Waals surface area contributed by atoms with Gasteiger partial charge in [0.15, 0.2) is 10.9 Å². The van der Waals surface area contributed by atoms with Gasteiger partial charge in [0.25, 0.3) is 5.56 Å². The van der Waals surface area contributed by atoms with Crippen molar-refractivity contribution in [2.24, 2.45) is 0 Å². The van der Waals surface area contributed by atoms with E-state index in [1.54, 1.807) is 37.5 Å². The standard InChI is InChI=1S/C26H25N3O4S/c1-4-33-25(32)22-16(2)23(27-17(22)3)21(30)15-34-26-28-20-13-9-8-12-19(20)24(31)29(26)14-18-10-6-5-7-11-18/h5-13,27H,4,14-15H2,1-3H3. The van der Waals surface area contributed by atoms with Gasteiger partial charge in [-0.1, -0.05) is 54.2 Å². The van der Waals surface area contributed by atoms with Crippen LogP contribution in [0.2, 0.25) is 0 Å². The number of aryl methyl sites for hydroxylation is 1. The van der Waals surface area contributed by atoms with E-state index in [0.717, 1.165) is 5.56 Å². The summed E-state index contributed by atoms with van der Waals surface area (Å²) < 4.78 is 6.72. The highest BCUT2D eigenvalue weighted by atomic mass is 32.2. The van der Waals surface area contributed by atoms with E-state index < -0.39 is 5.97 Å². The first-order valence-electron chi connectivity index (χ1n) is 11.0. The maximum atomic E-state index is 13.3. The van der Waals surface area contributed by atoms with Crippen LogP contribution in [0.15, 0.2) is 64.5 Å². The molecule has 2 aromatic heterocycles. The lowest BCUT2D eigenvalue weighted by Gasteiger charge is -2.13. The number of esters is 1. The molecule has 0 atom stereocenters. The van der Waals surface area contributed by atoms with E-state index in [1.807, 2.05) is 42.5 Å². The van der Waals surface area contributed by atoms with Crippen LogP contribution in [0.1, 0.15) is 44.6 Å². The largest absolute Gasteiger partial charge is 0.462 e. The number of benzene rings is 2. The highest BCUT2D eigenvalue weighted by Gasteiger charge is 2.23. The number of Topliss-reactive ketones (excluding diaryl/α,β-unsaturated/α-hetero) is 1. The molecule has 7 nitrogen and oxygen atoms in total. The maximum Gasteiger partial charge on any atom is 0.340 e. The second-order valence-corrected chi connectivity index (χ2v) is 8.79. The molecule has 0 spiro atoms. The van der Waals surface area contributed by atoms with Gasteiger partial charge >= 0.3 is 5.97 Å². The van der Waals surface area contributed by atoms with E-state index in [4.69, 9.17) is 4.74 Å². The van der Waals surface area contributed by atoms with Gasteiger partial charge in [-0.05, 0) is 44.0 Å². The van der Waals surface area contributed by atoms with E-state index >= 15 is 0 Å². The zero-order valence-electron chi connectivity index (χ0n) is 19.3. The van der Waals surface area contributed by atoms with Gasteiger partial charge in [-0.2, -0.15) is 0 Å². The number of aromatic nitrogens is 3. The highest BCUT2D eigenvalue weighted by Crippen LogP contribution is 2.24. The van der Waals surface area contributed by atoms with E-state index in [1.165, 1.54) is 11.8 Å². The number of fused-ring (bicyclic) bond motifs is 1. The number of hydrogen-bond donors (Lipinski definition) is 1. The van der Waals surface area contributed by atoms with Gasteiger partial charge in [0.2, 0.25) is 0 Å². The Kier molecular flexibility index (Phi) is 6.98. The van der Waals surface area contributed by atoms with Crippen molar-refractivity contribution >= 4 is 34.4 Å². The number of H-pyrrole nitrogens is 1. The van der Waals surface area contributed by atoms with Gasteiger partial charge in [-0.3, -0.25) is 14.2 Å². The molecule has 0 saturated carbocycles. The molecule has 0 bridgehead atoms. The minimum Gasteiger partial charge on any atom is -0.462 e. The minimum absolute atomic E-state index is 0.0582. The van der Waals surface area contributed by atoms with Crippen LogP contribution in [-0.4, -0.2) is 38.6 Å². The Hall–Kier alpha value is -3.65. The number of rotatable bonds is 8. The first-order valence-corrected chi connectivity index (χ1v) is 11.9. The van der Waals surface area contributed by atoms with Crippen molar-refractivity contribution in [1.82, 2.24) is 14.5 Å². The third-order valence-corrected chi connectivity index (χ3v) is 6.51. The Morgan fingerprint density at radius 3 is 2.50 bits per heavy atom. The fourth-order valence-corrected chi connectivity index (χ4v) is 4.77. The summed E-state index contributed by atoms with van der Waals surface area (Å²) in [5.74, 6) is -0.578. The van der Waals surface area contributed by atoms with Crippen molar-refractivity contribution in [3.8, 4) is 0 Å². The molecule has 0 amide bonds. The second-order valence-electron chi connectivity index (χ2n) is 7.85. The molecule has 0 radical (unpaired) electrons. The Balaban J connectivity index is 1.65. The van der Waals surface area contributed by atoms with Crippen LogP contribution in [0.5, 0.6) is 0 Å². The van der Waals surface area contributed by atoms with Gasteiger partial charge in [-0.25, -0.2) is 9.78 Å². The Bertz CT molecular complexity index is 1420. The van der Waals surface area contributed by atoms with Crippen LogP contribution >= 0.6 is 11.8 Å². The molecule has 0 aliphatic rings. The number of hydrogen-bond acceptors (Lipinski definition) is 6. The van der Waals surface area contributed by atoms with Crippen molar-refractivity contribution < 1.29 is 14.3 Å². The van der Waals surface area contributed by atoms with Crippen LogP contribution in [0.4, 0.5) is 0 Å². The fraction of sp³-hybridized carbons (Fsp3) is 0.231. The smallest absolute Gasteiger partial charge is 0.340 e. The predicted octanol–water partition coefficient (Wildman–Crippen LogP) is 4.54. The summed E-state index contributed by atoms with van der Waals surface area (Å²) in [6.45, 7) is 5.82. The summed E-state index contributed by atoms with van der Waals surface area (Å²) in [5.41, 5.74) is 3.31. The van der Waals surface area contributed by atoms with Crippen LogP contribution in [-0.2, 0) is 11.3 Å². The summed E-state index contributed by atoms with van der Waals surface area (Å²) in [5, 5.41) is 0.997. The third-order valence-electron chi connectivity index (χ3n) is 5.54. The summed E-state index contributed by atoms with van der Waals surface area (Å²) in [4.78, 5) is 46.3. The number of nitrogens with one attached hydrogen (secondary N) is 1. The molecule has 34 heavy (non-hydrogen) atoms. The zero-order chi connectivity index (χ0) is 24.2. The van der Waals surface area contributed by atoms with Crippen LogP contribution in [0, 0.1) is 13.8 Å². The van der Waals surface area contributed by atoms with Crippen LogP contribution in [0.25, 0.3) is 10.9 Å². The van der Waals surface area contributed by atoms with Gasteiger partial charge < -0.3 is 9.72 Å². The molecule has 0 unspecified atom stereocenters. The Labute approximate surface area is 201 Å². The number of carbonyl (C=O) groups excluding carboxylic acids is 2. The van der Waals surface area contributed by atoms with Crippen molar-refractivity contribution in [1.29, 1.82) is 0 Å². The average molecular weight is 476 g/mol. The lowest BCUT2D eigenvalue weighted by molar-refractivity contribution is 0.0525. The topological polar surface area (TPSA) is 94.1 Å². The molecule has 0 aliphatic heterocycles. The number of nitrogens with zero attached hydrogens (tertiary/aromatic N) is 2. The highest BCUT2D eigenvalue weighted by molar-refractivity contribution is 7.99. The molecular formula is C26H25N3O4S. The SMILES string of the molecule is CCOC(=O)c1c(C)[nH]c(C(=O)CSc2nc3ccccc3c(=O)n2Cc2ccccc2)c1C. The quantitative estimate of drug-likeness (QED) is 0.174. The normalized spacial score (nSPS) is 11.0. The van der Waals surface area contributed by atoms with Gasteiger partial charge in [0, 0.05) is 5.69 Å². The second kappa shape index (κ2) is 10.1. The average Bonchev–Trinajstić information content (AvgIpc) is 3.14. The van der Waals surface area contributed by atoms with E-state index in [9.17, 15) is 14.4 Å². The molecule has 1 N–H and O–H groups in total. The number of carbonyl (C=O) groups is 2. The molecule has 2 aromatic carbocycles. The summed E-state index contributed by atoms with van der Waals surface area (Å²) in [6.07, 6.45) is 0. The predicted molar refractivity (Wildman–Crippen MR) is 133 cm³/mol. The van der Waals surface area contributed by atoms with Gasteiger partial charge in [0.05, 0.1) is 41.1 Å². The van der Waals surface area contributed by atoms with Crippen molar-refractivity contribution in [2.75, 3.05) is 12.4 Å². The van der Waals surface area contributed by atoms with Crippen LogP contribution in [0.3, 0.4) is 0 Å². The first kappa shape index (κ1) is 23.5. The number of thioether (sulfide) groups is 1. The monoisotopic (exact) mass is 475 g/mol. The summed E-state index contributed by atoms with van der Waals surface area (Å²) in [6, 6.07) is 16.8. The molecule has 4 rings (SSSR count). The molecule has 174 valence electrons. The number of para-hydroxylation sites is 1. The molecular weight excluding hydrogens is 450 g/mol. The fourth-order valence-electron chi connectivity index (χ4n) is 3.90. The lowest BCUT2D eigenvalue weighted by atomic mass is 10.1. The minimum atomic E-state index is -0.451. The summed E-state index contributed by atoms with van der Waals surface area (Å²) in [7, 11) is 0. The third kappa shape index (κ3) is 4.68. The van der Waals surface area contributed by atoms with Crippen molar-refractivity contribution in [2.45, 2.75) is 32.5 Å².